The molecule has 5 aromatic carbocycles. The highest BCUT2D eigenvalue weighted by atomic mass is 16.3. The number of hydrogen-bond acceptors (Lipinski definition) is 9. The smallest absolute Gasteiger partial charge is 0.279 e. The second-order valence-corrected chi connectivity index (χ2v) is 16.2. The van der Waals surface area contributed by atoms with Crippen molar-refractivity contribution in [3.05, 3.63) is 167 Å². The SMILES string of the molecule is CC(=O)C(=NCc1ccc(NC(=O)C(C)CC(C)c2ccccc2)cc1)C(=O)Nc1ccc(NC(=O)C(N=Nc2ccc(CC(=O)C(C)CC(C)c3ccccc3)cc2)=C(C)O)cc1. The molecule has 12 heteroatoms. The molecule has 4 unspecified atom stereocenters. The third-order valence-corrected chi connectivity index (χ3v) is 10.9. The van der Waals surface area contributed by atoms with Crippen molar-refractivity contribution in [2.45, 2.75) is 79.2 Å². The van der Waals surface area contributed by atoms with Gasteiger partial charge in [-0.15, -0.1) is 5.11 Å². The van der Waals surface area contributed by atoms with Crippen LogP contribution in [0, 0.1) is 11.8 Å². The molecule has 12 nitrogen and oxygen atoms in total. The van der Waals surface area contributed by atoms with Crippen molar-refractivity contribution >= 4 is 57.7 Å². The fraction of sp³-hybridized carbons (Fsp3) is 0.269. The molecular formula is C52H56N6O6. The van der Waals surface area contributed by atoms with E-state index in [9.17, 15) is 29.1 Å². The zero-order valence-electron chi connectivity index (χ0n) is 37.2. The summed E-state index contributed by atoms with van der Waals surface area (Å²) in [6.45, 7) is 10.7. The van der Waals surface area contributed by atoms with Crippen LogP contribution in [0.2, 0.25) is 0 Å². The van der Waals surface area contributed by atoms with Crippen LogP contribution in [0.5, 0.6) is 0 Å². The predicted molar refractivity (Wildman–Crippen MR) is 253 cm³/mol. The number of allylic oxidation sites excluding steroid dienone is 1. The van der Waals surface area contributed by atoms with Gasteiger partial charge < -0.3 is 21.1 Å². The number of nitrogens with one attached hydrogen (secondary N) is 3. The van der Waals surface area contributed by atoms with Gasteiger partial charge in [0.1, 0.15) is 11.5 Å². The zero-order valence-corrected chi connectivity index (χ0v) is 37.2. The minimum Gasteiger partial charge on any atom is -0.510 e. The summed E-state index contributed by atoms with van der Waals surface area (Å²) in [5, 5.41) is 26.7. The quantitative estimate of drug-likeness (QED) is 0.0199. The summed E-state index contributed by atoms with van der Waals surface area (Å²) in [6, 6.07) is 40.4. The van der Waals surface area contributed by atoms with Crippen LogP contribution in [0.25, 0.3) is 0 Å². The fourth-order valence-electron chi connectivity index (χ4n) is 7.07. The van der Waals surface area contributed by atoms with Crippen LogP contribution in [0.1, 0.15) is 88.5 Å². The molecule has 0 bridgehead atoms. The molecule has 0 radical (unpaired) electrons. The first-order chi connectivity index (χ1) is 30.7. The van der Waals surface area contributed by atoms with E-state index in [-0.39, 0.29) is 65.5 Å². The van der Waals surface area contributed by atoms with Crippen molar-refractivity contribution in [3.63, 3.8) is 0 Å². The maximum atomic E-state index is 13.1. The number of anilines is 3. The number of carbonyl (C=O) groups is 5. The van der Waals surface area contributed by atoms with Gasteiger partial charge in [-0.05, 0) is 102 Å². The van der Waals surface area contributed by atoms with Gasteiger partial charge in [-0.1, -0.05) is 113 Å². The second kappa shape index (κ2) is 23.2. The maximum Gasteiger partial charge on any atom is 0.279 e. The summed E-state index contributed by atoms with van der Waals surface area (Å²) in [7, 11) is 0. The Labute approximate surface area is 375 Å². The number of nitrogens with zero attached hydrogens (tertiary/aromatic N) is 3. The summed E-state index contributed by atoms with van der Waals surface area (Å²) in [4.78, 5) is 68.8. The molecule has 4 N–H and O–H groups in total. The molecule has 0 aliphatic rings. The number of benzene rings is 5. The van der Waals surface area contributed by atoms with Crippen LogP contribution in [-0.2, 0) is 36.9 Å². The number of aliphatic imine (C=N–C) groups is 1. The lowest BCUT2D eigenvalue weighted by molar-refractivity contribution is -0.122. The van der Waals surface area contributed by atoms with Gasteiger partial charge in [-0.25, -0.2) is 0 Å². The van der Waals surface area contributed by atoms with Crippen LogP contribution in [-0.4, -0.2) is 40.1 Å². The Bertz CT molecular complexity index is 2480. The molecule has 0 saturated heterocycles. The summed E-state index contributed by atoms with van der Waals surface area (Å²) in [6.07, 6.45) is 1.74. The number of hydrogen-bond donors (Lipinski definition) is 4. The lowest BCUT2D eigenvalue weighted by Crippen LogP contribution is -2.28. The molecule has 330 valence electrons. The van der Waals surface area contributed by atoms with E-state index in [4.69, 9.17) is 0 Å². The first-order valence-electron chi connectivity index (χ1n) is 21.4. The molecule has 0 spiro atoms. The van der Waals surface area contributed by atoms with E-state index >= 15 is 0 Å². The summed E-state index contributed by atoms with van der Waals surface area (Å²) < 4.78 is 0. The number of azo groups is 1. The summed E-state index contributed by atoms with van der Waals surface area (Å²) in [5.41, 5.74) is 5.14. The number of ketones is 2. The van der Waals surface area contributed by atoms with Gasteiger partial charge in [-0.2, -0.15) is 5.11 Å². The van der Waals surface area contributed by atoms with Crippen molar-refractivity contribution < 1.29 is 29.1 Å². The predicted octanol–water partition coefficient (Wildman–Crippen LogP) is 11.1. The molecule has 0 aliphatic carbocycles. The first kappa shape index (κ1) is 47.7. The van der Waals surface area contributed by atoms with E-state index < -0.39 is 17.6 Å². The van der Waals surface area contributed by atoms with E-state index in [1.54, 1.807) is 48.5 Å². The Balaban J connectivity index is 1.09. The van der Waals surface area contributed by atoms with Crippen molar-refractivity contribution in [1.29, 1.82) is 0 Å². The molecule has 64 heavy (non-hydrogen) atoms. The van der Waals surface area contributed by atoms with Crippen LogP contribution in [0.15, 0.2) is 160 Å². The minimum absolute atomic E-state index is 0.0605. The molecule has 5 aromatic rings. The van der Waals surface area contributed by atoms with E-state index in [1.807, 2.05) is 50.2 Å². The van der Waals surface area contributed by atoms with Crippen molar-refractivity contribution in [2.24, 2.45) is 27.1 Å². The van der Waals surface area contributed by atoms with E-state index in [0.717, 1.165) is 17.5 Å². The third-order valence-electron chi connectivity index (χ3n) is 10.9. The summed E-state index contributed by atoms with van der Waals surface area (Å²) >= 11 is 0. The normalized spacial score (nSPS) is 13.8. The Morgan fingerprint density at radius 1 is 0.562 bits per heavy atom. The molecular weight excluding hydrogens is 805 g/mol. The highest BCUT2D eigenvalue weighted by molar-refractivity contribution is 6.67. The standard InChI is InChI=1S/C52H56N6O6/c1-33(41-13-9-7-10-14-41)29-35(3)47(61)31-39-17-23-46(24-18-39)57-58-49(38(6)60)52(64)56-45-27-25-44(26-28-45)55-51(63)48(37(5)59)53-32-40-19-21-43(22-20-40)54-50(62)36(4)30-34(2)42-15-11-8-12-16-42/h7-28,33-36,60H,29-32H2,1-6H3,(H,54,62)(H,55,63)(H,56,64). The molecule has 3 amide bonds. The Hall–Kier alpha value is -7.34. The largest absolute Gasteiger partial charge is 0.510 e. The van der Waals surface area contributed by atoms with Gasteiger partial charge in [0.15, 0.2) is 17.2 Å². The average Bonchev–Trinajstić information content (AvgIpc) is 3.28. The fourth-order valence-corrected chi connectivity index (χ4v) is 7.07. The molecule has 0 fully saturated rings. The zero-order chi connectivity index (χ0) is 46.2. The number of aliphatic hydroxyl groups is 1. The number of Topliss-reactive ketones (excluding diaryl/α,β-unsaturated/α-hetero) is 2. The number of carbonyl (C=O) groups excluding carboxylic acids is 5. The van der Waals surface area contributed by atoms with Gasteiger partial charge in [0.2, 0.25) is 5.91 Å². The van der Waals surface area contributed by atoms with Crippen LogP contribution < -0.4 is 16.0 Å². The maximum absolute atomic E-state index is 13.1. The Kier molecular flexibility index (Phi) is 17.3. The van der Waals surface area contributed by atoms with Crippen LogP contribution >= 0.6 is 0 Å². The number of aliphatic hydroxyl groups excluding tert-OH is 1. The minimum atomic E-state index is -0.717. The van der Waals surface area contributed by atoms with Gasteiger partial charge in [0.05, 0.1) is 12.2 Å². The van der Waals surface area contributed by atoms with Gasteiger partial charge >= 0.3 is 0 Å². The molecule has 0 aliphatic heterocycles. The van der Waals surface area contributed by atoms with Crippen molar-refractivity contribution in [3.8, 4) is 0 Å². The van der Waals surface area contributed by atoms with Crippen molar-refractivity contribution in [2.75, 3.05) is 16.0 Å². The topological polar surface area (TPSA) is 179 Å². The average molecular weight is 861 g/mol. The van der Waals surface area contributed by atoms with E-state index in [1.165, 1.54) is 49.2 Å². The first-order valence-corrected chi connectivity index (χ1v) is 21.4. The van der Waals surface area contributed by atoms with Crippen LogP contribution in [0.4, 0.5) is 22.7 Å². The monoisotopic (exact) mass is 860 g/mol. The Morgan fingerprint density at radius 2 is 1.03 bits per heavy atom. The molecule has 0 heterocycles. The highest BCUT2D eigenvalue weighted by Crippen LogP contribution is 2.26. The molecule has 5 rings (SSSR count). The molecule has 0 aromatic heterocycles. The lowest BCUT2D eigenvalue weighted by atomic mass is 9.87. The highest BCUT2D eigenvalue weighted by Gasteiger charge is 2.21. The number of rotatable bonds is 20. The van der Waals surface area contributed by atoms with Gasteiger partial charge in [0, 0.05) is 42.2 Å². The lowest BCUT2D eigenvalue weighted by Gasteiger charge is -2.17. The van der Waals surface area contributed by atoms with Gasteiger partial charge in [0.25, 0.3) is 11.8 Å². The molecule has 4 atom stereocenters. The summed E-state index contributed by atoms with van der Waals surface area (Å²) in [5.74, 6) is -2.03. The molecule has 0 saturated carbocycles. The number of amides is 3. The van der Waals surface area contributed by atoms with E-state index in [2.05, 4.69) is 69.3 Å². The Morgan fingerprint density at radius 3 is 1.55 bits per heavy atom. The van der Waals surface area contributed by atoms with E-state index in [0.29, 0.717) is 29.2 Å². The second-order valence-electron chi connectivity index (χ2n) is 16.2. The van der Waals surface area contributed by atoms with Gasteiger partial charge in [-0.3, -0.25) is 29.0 Å². The third kappa shape index (κ3) is 14.4. The van der Waals surface area contributed by atoms with Crippen molar-refractivity contribution in [1.82, 2.24) is 0 Å². The van der Waals surface area contributed by atoms with Crippen LogP contribution in [0.3, 0.4) is 0 Å².